The SMILES string of the molecule is COC(=O)C(C)(C)COc1ccc(C)nc1CN. The van der Waals surface area contributed by atoms with Crippen molar-refractivity contribution in [3.63, 3.8) is 0 Å². The van der Waals surface area contributed by atoms with E-state index in [1.807, 2.05) is 19.1 Å². The fourth-order valence-corrected chi connectivity index (χ4v) is 1.47. The summed E-state index contributed by atoms with van der Waals surface area (Å²) in [6.07, 6.45) is 0. The summed E-state index contributed by atoms with van der Waals surface area (Å²) in [5.74, 6) is 0.303. The lowest BCUT2D eigenvalue weighted by Crippen LogP contribution is -2.32. The highest BCUT2D eigenvalue weighted by molar-refractivity contribution is 5.75. The largest absolute Gasteiger partial charge is 0.490 e. The lowest BCUT2D eigenvalue weighted by atomic mass is 9.95. The average molecular weight is 252 g/mol. The highest BCUT2D eigenvalue weighted by atomic mass is 16.5. The predicted octanol–water partition coefficient (Wildman–Crippen LogP) is 1.43. The molecule has 18 heavy (non-hydrogen) atoms. The van der Waals surface area contributed by atoms with Crippen molar-refractivity contribution in [3.05, 3.63) is 23.5 Å². The number of esters is 1. The Morgan fingerprint density at radius 1 is 1.44 bits per heavy atom. The van der Waals surface area contributed by atoms with E-state index in [0.29, 0.717) is 18.0 Å². The van der Waals surface area contributed by atoms with Crippen LogP contribution in [0.1, 0.15) is 25.2 Å². The fourth-order valence-electron chi connectivity index (χ4n) is 1.47. The number of carbonyl (C=O) groups is 1. The molecule has 0 aromatic carbocycles. The van der Waals surface area contributed by atoms with Gasteiger partial charge in [0.05, 0.1) is 18.2 Å². The zero-order chi connectivity index (χ0) is 13.8. The molecule has 1 rings (SSSR count). The van der Waals surface area contributed by atoms with E-state index in [2.05, 4.69) is 4.98 Å². The Balaban J connectivity index is 2.77. The second-order valence-electron chi connectivity index (χ2n) is 4.77. The van der Waals surface area contributed by atoms with E-state index >= 15 is 0 Å². The molecule has 0 aliphatic carbocycles. The molecule has 1 heterocycles. The van der Waals surface area contributed by atoms with Crippen LogP contribution in [0.5, 0.6) is 5.75 Å². The van der Waals surface area contributed by atoms with Crippen LogP contribution in [0.3, 0.4) is 0 Å². The molecular weight excluding hydrogens is 232 g/mol. The first-order valence-corrected chi connectivity index (χ1v) is 5.78. The summed E-state index contributed by atoms with van der Waals surface area (Å²) in [4.78, 5) is 15.8. The van der Waals surface area contributed by atoms with E-state index in [9.17, 15) is 4.79 Å². The van der Waals surface area contributed by atoms with Gasteiger partial charge in [-0.25, -0.2) is 0 Å². The number of methoxy groups -OCH3 is 1. The van der Waals surface area contributed by atoms with Crippen molar-refractivity contribution in [2.45, 2.75) is 27.3 Å². The van der Waals surface area contributed by atoms with Crippen LogP contribution in [0.15, 0.2) is 12.1 Å². The van der Waals surface area contributed by atoms with Gasteiger partial charge in [-0.2, -0.15) is 0 Å². The molecule has 0 aliphatic rings. The number of nitrogens with zero attached hydrogens (tertiary/aromatic N) is 1. The zero-order valence-electron chi connectivity index (χ0n) is 11.3. The number of carbonyl (C=O) groups excluding carboxylic acids is 1. The molecule has 5 nitrogen and oxygen atoms in total. The number of hydrogen-bond acceptors (Lipinski definition) is 5. The van der Waals surface area contributed by atoms with Crippen LogP contribution < -0.4 is 10.5 Å². The molecule has 1 aromatic rings. The minimum atomic E-state index is -0.703. The molecule has 0 saturated carbocycles. The maximum absolute atomic E-state index is 11.5. The van der Waals surface area contributed by atoms with E-state index in [4.69, 9.17) is 15.2 Å². The van der Waals surface area contributed by atoms with Crippen LogP contribution >= 0.6 is 0 Å². The maximum atomic E-state index is 11.5. The van der Waals surface area contributed by atoms with Gasteiger partial charge >= 0.3 is 5.97 Å². The van der Waals surface area contributed by atoms with Gasteiger partial charge < -0.3 is 15.2 Å². The van der Waals surface area contributed by atoms with Crippen molar-refractivity contribution in [2.75, 3.05) is 13.7 Å². The molecule has 0 radical (unpaired) electrons. The van der Waals surface area contributed by atoms with Crippen molar-refractivity contribution in [2.24, 2.45) is 11.1 Å². The quantitative estimate of drug-likeness (QED) is 0.802. The van der Waals surface area contributed by atoms with Crippen molar-refractivity contribution in [3.8, 4) is 5.75 Å². The van der Waals surface area contributed by atoms with Gasteiger partial charge in [0.1, 0.15) is 12.4 Å². The standard InChI is InChI=1S/C13H20N2O3/c1-9-5-6-11(10(7-14)15-9)18-8-13(2,3)12(16)17-4/h5-6H,7-8,14H2,1-4H3. The molecule has 0 bridgehead atoms. The maximum Gasteiger partial charge on any atom is 0.314 e. The predicted molar refractivity (Wildman–Crippen MR) is 68.2 cm³/mol. The molecule has 0 spiro atoms. The van der Waals surface area contributed by atoms with Gasteiger partial charge in [0.25, 0.3) is 0 Å². The molecule has 0 amide bonds. The van der Waals surface area contributed by atoms with Crippen LogP contribution in [0.25, 0.3) is 0 Å². The van der Waals surface area contributed by atoms with E-state index in [1.54, 1.807) is 13.8 Å². The Bertz CT molecular complexity index is 430. The Morgan fingerprint density at radius 2 is 2.11 bits per heavy atom. The molecule has 0 atom stereocenters. The smallest absolute Gasteiger partial charge is 0.314 e. The Hall–Kier alpha value is -1.62. The van der Waals surface area contributed by atoms with Crippen molar-refractivity contribution >= 4 is 5.97 Å². The monoisotopic (exact) mass is 252 g/mol. The van der Waals surface area contributed by atoms with Crippen molar-refractivity contribution in [1.29, 1.82) is 0 Å². The number of ether oxygens (including phenoxy) is 2. The highest BCUT2D eigenvalue weighted by Gasteiger charge is 2.30. The molecule has 0 aliphatic heterocycles. The summed E-state index contributed by atoms with van der Waals surface area (Å²) in [7, 11) is 1.36. The molecule has 0 unspecified atom stereocenters. The summed E-state index contributed by atoms with van der Waals surface area (Å²) < 4.78 is 10.3. The number of pyridine rings is 1. The van der Waals surface area contributed by atoms with Crippen molar-refractivity contribution < 1.29 is 14.3 Å². The third-order valence-corrected chi connectivity index (χ3v) is 2.59. The topological polar surface area (TPSA) is 74.4 Å². The normalized spacial score (nSPS) is 11.2. The van der Waals surface area contributed by atoms with E-state index in [-0.39, 0.29) is 12.6 Å². The first-order chi connectivity index (χ1) is 8.40. The van der Waals surface area contributed by atoms with Gasteiger partial charge in [-0.15, -0.1) is 0 Å². The average Bonchev–Trinajstić information content (AvgIpc) is 2.36. The minimum Gasteiger partial charge on any atom is -0.490 e. The minimum absolute atomic E-state index is 0.220. The Morgan fingerprint density at radius 3 is 2.67 bits per heavy atom. The van der Waals surface area contributed by atoms with Gasteiger partial charge in [0.15, 0.2) is 0 Å². The molecule has 0 saturated heterocycles. The molecule has 1 aromatic heterocycles. The number of aryl methyl sites for hydroxylation is 1. The first-order valence-electron chi connectivity index (χ1n) is 5.78. The third kappa shape index (κ3) is 3.43. The lowest BCUT2D eigenvalue weighted by Gasteiger charge is -2.22. The zero-order valence-corrected chi connectivity index (χ0v) is 11.3. The van der Waals surface area contributed by atoms with E-state index < -0.39 is 5.41 Å². The second-order valence-corrected chi connectivity index (χ2v) is 4.77. The molecule has 5 heteroatoms. The summed E-state index contributed by atoms with van der Waals surface area (Å²) in [5, 5.41) is 0. The number of hydrogen-bond donors (Lipinski definition) is 1. The highest BCUT2D eigenvalue weighted by Crippen LogP contribution is 2.22. The van der Waals surface area contributed by atoms with Crippen LogP contribution in [0, 0.1) is 12.3 Å². The van der Waals surface area contributed by atoms with Crippen LogP contribution in [0.2, 0.25) is 0 Å². The lowest BCUT2D eigenvalue weighted by molar-refractivity contribution is -0.152. The number of rotatable bonds is 5. The Labute approximate surface area is 107 Å². The van der Waals surface area contributed by atoms with Crippen molar-refractivity contribution in [1.82, 2.24) is 4.98 Å². The van der Waals surface area contributed by atoms with Crippen LogP contribution in [0.4, 0.5) is 0 Å². The van der Waals surface area contributed by atoms with E-state index in [1.165, 1.54) is 7.11 Å². The summed E-state index contributed by atoms with van der Waals surface area (Å²) in [6.45, 7) is 5.94. The van der Waals surface area contributed by atoms with Gasteiger partial charge in [-0.1, -0.05) is 0 Å². The van der Waals surface area contributed by atoms with Gasteiger partial charge in [-0.3, -0.25) is 9.78 Å². The summed E-state index contributed by atoms with van der Waals surface area (Å²) in [5.41, 5.74) is 6.48. The summed E-state index contributed by atoms with van der Waals surface area (Å²) in [6, 6.07) is 3.66. The van der Waals surface area contributed by atoms with Gasteiger partial charge in [0.2, 0.25) is 0 Å². The Kier molecular flexibility index (Phi) is 4.67. The van der Waals surface area contributed by atoms with Gasteiger partial charge in [-0.05, 0) is 32.9 Å². The molecular formula is C13H20N2O3. The summed E-state index contributed by atoms with van der Waals surface area (Å²) >= 11 is 0. The number of aromatic nitrogens is 1. The first kappa shape index (κ1) is 14.4. The third-order valence-electron chi connectivity index (χ3n) is 2.59. The molecule has 100 valence electrons. The fraction of sp³-hybridized carbons (Fsp3) is 0.538. The molecule has 0 fully saturated rings. The number of nitrogens with two attached hydrogens (primary N) is 1. The van der Waals surface area contributed by atoms with E-state index in [0.717, 1.165) is 5.69 Å². The van der Waals surface area contributed by atoms with Crippen LogP contribution in [-0.2, 0) is 16.1 Å². The van der Waals surface area contributed by atoms with Gasteiger partial charge in [0, 0.05) is 12.2 Å². The van der Waals surface area contributed by atoms with Crippen LogP contribution in [-0.4, -0.2) is 24.7 Å². The second kappa shape index (κ2) is 5.82. The molecule has 2 N–H and O–H groups in total.